The van der Waals surface area contributed by atoms with Crippen molar-refractivity contribution in [3.8, 4) is 5.75 Å². The van der Waals surface area contributed by atoms with Gasteiger partial charge < -0.3 is 4.74 Å². The van der Waals surface area contributed by atoms with E-state index >= 15 is 0 Å². The number of carbonyl (C=O) groups is 1. The fourth-order valence-electron chi connectivity index (χ4n) is 2.79. The molecule has 0 radical (unpaired) electrons. The van der Waals surface area contributed by atoms with Crippen LogP contribution in [0.15, 0.2) is 18.2 Å². The zero-order valence-corrected chi connectivity index (χ0v) is 13.2. The van der Waals surface area contributed by atoms with E-state index in [0.717, 1.165) is 24.2 Å². The molecular weight excluding hydrogens is 248 g/mol. The minimum atomic E-state index is 0.142. The molecule has 20 heavy (non-hydrogen) atoms. The zero-order valence-electron chi connectivity index (χ0n) is 13.2. The van der Waals surface area contributed by atoms with E-state index in [-0.39, 0.29) is 23.7 Å². The molecule has 0 amide bonds. The maximum atomic E-state index is 12.0. The van der Waals surface area contributed by atoms with Gasteiger partial charge in [-0.2, -0.15) is 0 Å². The van der Waals surface area contributed by atoms with E-state index in [2.05, 4.69) is 32.9 Å². The van der Waals surface area contributed by atoms with Gasteiger partial charge in [0.15, 0.2) is 5.78 Å². The third kappa shape index (κ3) is 3.62. The summed E-state index contributed by atoms with van der Waals surface area (Å²) in [5, 5.41) is 0. The first-order valence-corrected chi connectivity index (χ1v) is 7.64. The largest absolute Gasteiger partial charge is 0.486 e. The summed E-state index contributed by atoms with van der Waals surface area (Å²) in [5.41, 5.74) is 2.55. The average Bonchev–Trinajstić information content (AvgIpc) is 2.89. The van der Waals surface area contributed by atoms with Gasteiger partial charge >= 0.3 is 0 Å². The zero-order chi connectivity index (χ0) is 14.8. The molecule has 0 bridgehead atoms. The number of rotatable bonds is 4. The standard InChI is InChI=1S/C18H26O2/c1-13-11-15(18(2,3)4)9-10-17(13)20-12-16(19)14-7-5-6-8-14/h9-11,14H,5-8,12H2,1-4H3. The summed E-state index contributed by atoms with van der Waals surface area (Å²) in [6.45, 7) is 8.87. The summed E-state index contributed by atoms with van der Waals surface area (Å²) >= 11 is 0. The molecule has 1 fully saturated rings. The van der Waals surface area contributed by atoms with Crippen LogP contribution in [0.25, 0.3) is 0 Å². The van der Waals surface area contributed by atoms with Crippen LogP contribution in [0, 0.1) is 12.8 Å². The van der Waals surface area contributed by atoms with Gasteiger partial charge in [-0.25, -0.2) is 0 Å². The fraction of sp³-hybridized carbons (Fsp3) is 0.611. The number of ether oxygens (including phenoxy) is 1. The maximum Gasteiger partial charge on any atom is 0.173 e. The molecule has 0 atom stereocenters. The molecular formula is C18H26O2. The van der Waals surface area contributed by atoms with Crippen molar-refractivity contribution in [3.63, 3.8) is 0 Å². The normalized spacial score (nSPS) is 16.4. The van der Waals surface area contributed by atoms with E-state index in [1.807, 2.05) is 13.0 Å². The molecule has 2 rings (SSSR count). The van der Waals surface area contributed by atoms with E-state index in [0.29, 0.717) is 0 Å². The van der Waals surface area contributed by atoms with Gasteiger partial charge in [0, 0.05) is 5.92 Å². The Labute approximate surface area is 122 Å². The molecule has 1 aliphatic rings. The first kappa shape index (κ1) is 15.1. The molecule has 110 valence electrons. The number of benzene rings is 1. The van der Waals surface area contributed by atoms with Crippen LogP contribution in [0.1, 0.15) is 57.6 Å². The fourth-order valence-corrected chi connectivity index (χ4v) is 2.79. The lowest BCUT2D eigenvalue weighted by molar-refractivity contribution is -0.124. The van der Waals surface area contributed by atoms with Gasteiger partial charge in [0.2, 0.25) is 0 Å². The first-order valence-electron chi connectivity index (χ1n) is 7.64. The van der Waals surface area contributed by atoms with E-state index in [1.165, 1.54) is 18.4 Å². The Morgan fingerprint density at radius 1 is 1.25 bits per heavy atom. The average molecular weight is 274 g/mol. The van der Waals surface area contributed by atoms with Gasteiger partial charge in [-0.1, -0.05) is 45.7 Å². The van der Waals surface area contributed by atoms with Crippen molar-refractivity contribution in [2.45, 2.75) is 58.8 Å². The van der Waals surface area contributed by atoms with Gasteiger partial charge in [0.05, 0.1) is 0 Å². The number of aryl methyl sites for hydroxylation is 1. The quantitative estimate of drug-likeness (QED) is 0.812. The number of hydrogen-bond acceptors (Lipinski definition) is 2. The topological polar surface area (TPSA) is 26.3 Å². The van der Waals surface area contributed by atoms with Crippen LogP contribution >= 0.6 is 0 Å². The molecule has 0 heterocycles. The second kappa shape index (κ2) is 5.99. The molecule has 0 N–H and O–H groups in total. The highest BCUT2D eigenvalue weighted by Gasteiger charge is 2.23. The molecule has 0 aliphatic heterocycles. The molecule has 1 saturated carbocycles. The Bertz CT molecular complexity index is 477. The van der Waals surface area contributed by atoms with Crippen LogP contribution < -0.4 is 4.74 Å². The van der Waals surface area contributed by atoms with Crippen molar-refractivity contribution in [3.05, 3.63) is 29.3 Å². The highest BCUT2D eigenvalue weighted by molar-refractivity contribution is 5.82. The first-order chi connectivity index (χ1) is 9.38. The molecule has 0 spiro atoms. The number of hydrogen-bond donors (Lipinski definition) is 0. The van der Waals surface area contributed by atoms with Crippen molar-refractivity contribution in [1.29, 1.82) is 0 Å². The summed E-state index contributed by atoms with van der Waals surface area (Å²) in [5.74, 6) is 1.34. The summed E-state index contributed by atoms with van der Waals surface area (Å²) in [4.78, 5) is 12.0. The van der Waals surface area contributed by atoms with Crippen LogP contribution in [0.4, 0.5) is 0 Å². The van der Waals surface area contributed by atoms with E-state index in [1.54, 1.807) is 0 Å². The van der Waals surface area contributed by atoms with E-state index in [9.17, 15) is 4.79 Å². The highest BCUT2D eigenvalue weighted by Crippen LogP contribution is 2.29. The van der Waals surface area contributed by atoms with Crippen molar-refractivity contribution in [2.75, 3.05) is 6.61 Å². The highest BCUT2D eigenvalue weighted by atomic mass is 16.5. The molecule has 2 nitrogen and oxygen atoms in total. The predicted octanol–water partition coefficient (Wildman–Crippen LogP) is 4.43. The third-order valence-electron chi connectivity index (χ3n) is 4.22. The Morgan fingerprint density at radius 2 is 1.90 bits per heavy atom. The lowest BCUT2D eigenvalue weighted by Gasteiger charge is -2.20. The number of carbonyl (C=O) groups excluding carboxylic acids is 1. The Morgan fingerprint density at radius 3 is 2.45 bits per heavy atom. The van der Waals surface area contributed by atoms with Gasteiger partial charge in [-0.15, -0.1) is 0 Å². The molecule has 1 aromatic carbocycles. The van der Waals surface area contributed by atoms with E-state index < -0.39 is 0 Å². The van der Waals surface area contributed by atoms with Gasteiger partial charge in [0.1, 0.15) is 12.4 Å². The SMILES string of the molecule is Cc1cc(C(C)(C)C)ccc1OCC(=O)C1CCCC1. The number of ketones is 1. The third-order valence-corrected chi connectivity index (χ3v) is 4.22. The molecule has 0 aromatic heterocycles. The molecule has 2 heteroatoms. The van der Waals surface area contributed by atoms with Gasteiger partial charge in [-0.3, -0.25) is 4.79 Å². The van der Waals surface area contributed by atoms with Crippen molar-refractivity contribution in [2.24, 2.45) is 5.92 Å². The van der Waals surface area contributed by atoms with Crippen LogP contribution in [0.3, 0.4) is 0 Å². The second-order valence-corrected chi connectivity index (χ2v) is 6.97. The van der Waals surface area contributed by atoms with Crippen molar-refractivity contribution in [1.82, 2.24) is 0 Å². The summed E-state index contributed by atoms with van der Waals surface area (Å²) in [6, 6.07) is 6.26. The Balaban J connectivity index is 1.98. The van der Waals surface area contributed by atoms with Crippen LogP contribution in [0.5, 0.6) is 5.75 Å². The van der Waals surface area contributed by atoms with Crippen molar-refractivity contribution < 1.29 is 9.53 Å². The summed E-state index contributed by atoms with van der Waals surface area (Å²) in [7, 11) is 0. The Kier molecular flexibility index (Phi) is 4.52. The van der Waals surface area contributed by atoms with Crippen LogP contribution in [-0.2, 0) is 10.2 Å². The van der Waals surface area contributed by atoms with Crippen molar-refractivity contribution >= 4 is 5.78 Å². The molecule has 0 saturated heterocycles. The lowest BCUT2D eigenvalue weighted by Crippen LogP contribution is -2.19. The lowest BCUT2D eigenvalue weighted by atomic mass is 9.86. The van der Waals surface area contributed by atoms with Gasteiger partial charge in [0.25, 0.3) is 0 Å². The smallest absolute Gasteiger partial charge is 0.173 e. The minimum absolute atomic E-state index is 0.142. The summed E-state index contributed by atoms with van der Waals surface area (Å²) in [6.07, 6.45) is 4.47. The maximum absolute atomic E-state index is 12.0. The van der Waals surface area contributed by atoms with E-state index in [4.69, 9.17) is 4.74 Å². The predicted molar refractivity (Wildman–Crippen MR) is 82.3 cm³/mol. The van der Waals surface area contributed by atoms with Crippen LogP contribution in [0.2, 0.25) is 0 Å². The van der Waals surface area contributed by atoms with Gasteiger partial charge in [-0.05, 0) is 42.4 Å². The molecule has 1 aromatic rings. The molecule has 0 unspecified atom stereocenters. The Hall–Kier alpha value is -1.31. The second-order valence-electron chi connectivity index (χ2n) is 6.97. The monoisotopic (exact) mass is 274 g/mol. The minimum Gasteiger partial charge on any atom is -0.486 e. The summed E-state index contributed by atoms with van der Waals surface area (Å²) < 4.78 is 5.73. The number of Topliss-reactive ketones (excluding diaryl/α,β-unsaturated/α-hetero) is 1. The molecule has 1 aliphatic carbocycles. The van der Waals surface area contributed by atoms with Crippen LogP contribution in [-0.4, -0.2) is 12.4 Å².